The van der Waals surface area contributed by atoms with Crippen molar-refractivity contribution >= 4 is 28.8 Å². The van der Waals surface area contributed by atoms with E-state index in [1.165, 1.54) is 6.08 Å². The molecule has 0 saturated heterocycles. The number of para-hydroxylation sites is 1. The van der Waals surface area contributed by atoms with Crippen LogP contribution < -0.4 is 14.2 Å². The number of fused-ring (bicyclic) bond motifs is 1. The number of ketones is 1. The lowest BCUT2D eigenvalue weighted by Gasteiger charge is -2.07. The molecule has 0 unspecified atom stereocenters. The molecule has 0 bridgehead atoms. The Balaban J connectivity index is 1.27. The SMILES string of the molecule is CCOc1ccccc1C=CC(=O)c1ccc(OC(=O)c2c(C)oc3ccc(OCc4ccccc4)cc23)cc1. The summed E-state index contributed by atoms with van der Waals surface area (Å²) in [5.74, 6) is 1.37. The molecular weight excluding hydrogens is 504 g/mol. The van der Waals surface area contributed by atoms with E-state index in [1.807, 2.05) is 67.6 Å². The third-order valence-electron chi connectivity index (χ3n) is 6.27. The highest BCUT2D eigenvalue weighted by Crippen LogP contribution is 2.30. The number of esters is 1. The van der Waals surface area contributed by atoms with Crippen LogP contribution in [0.3, 0.4) is 0 Å². The molecule has 0 radical (unpaired) electrons. The van der Waals surface area contributed by atoms with Crippen molar-refractivity contribution in [1.29, 1.82) is 0 Å². The topological polar surface area (TPSA) is 75.0 Å². The number of rotatable bonds is 10. The smallest absolute Gasteiger partial charge is 0.347 e. The molecule has 0 N–H and O–H groups in total. The van der Waals surface area contributed by atoms with Gasteiger partial charge in [-0.1, -0.05) is 48.5 Å². The van der Waals surface area contributed by atoms with E-state index in [1.54, 1.807) is 49.4 Å². The Bertz CT molecular complexity index is 1660. The third kappa shape index (κ3) is 6.13. The molecule has 0 fully saturated rings. The minimum atomic E-state index is -0.553. The molecule has 0 aliphatic heterocycles. The first kappa shape index (κ1) is 26.5. The molecule has 0 aliphatic rings. The van der Waals surface area contributed by atoms with Gasteiger partial charge in [0.15, 0.2) is 5.78 Å². The zero-order valence-corrected chi connectivity index (χ0v) is 22.3. The molecule has 0 saturated carbocycles. The summed E-state index contributed by atoms with van der Waals surface area (Å²) in [4.78, 5) is 25.9. The van der Waals surface area contributed by atoms with Gasteiger partial charge in [0.1, 0.15) is 40.8 Å². The normalized spacial score (nSPS) is 11.1. The largest absolute Gasteiger partial charge is 0.493 e. The van der Waals surface area contributed by atoms with Gasteiger partial charge in [-0.25, -0.2) is 4.79 Å². The average molecular weight is 533 g/mol. The zero-order valence-electron chi connectivity index (χ0n) is 22.3. The van der Waals surface area contributed by atoms with Crippen LogP contribution in [-0.2, 0) is 6.61 Å². The van der Waals surface area contributed by atoms with E-state index in [9.17, 15) is 9.59 Å². The van der Waals surface area contributed by atoms with Crippen molar-refractivity contribution in [2.24, 2.45) is 0 Å². The number of hydrogen-bond acceptors (Lipinski definition) is 6. The summed E-state index contributed by atoms with van der Waals surface area (Å²) >= 11 is 0. The average Bonchev–Trinajstić information content (AvgIpc) is 3.31. The number of benzene rings is 4. The molecule has 0 amide bonds. The van der Waals surface area contributed by atoms with Gasteiger partial charge in [0, 0.05) is 16.5 Å². The van der Waals surface area contributed by atoms with Crippen LogP contribution in [0.5, 0.6) is 17.2 Å². The first-order chi connectivity index (χ1) is 19.5. The van der Waals surface area contributed by atoms with Crippen molar-refractivity contribution in [2.45, 2.75) is 20.5 Å². The van der Waals surface area contributed by atoms with Gasteiger partial charge in [0.25, 0.3) is 0 Å². The molecule has 5 rings (SSSR count). The summed E-state index contributed by atoms with van der Waals surface area (Å²) in [6, 6.07) is 29.2. The summed E-state index contributed by atoms with van der Waals surface area (Å²) in [5, 5.41) is 0.609. The van der Waals surface area contributed by atoms with Gasteiger partial charge in [-0.3, -0.25) is 4.79 Å². The molecule has 0 spiro atoms. The number of furan rings is 1. The summed E-state index contributed by atoms with van der Waals surface area (Å²) in [5.41, 5.74) is 3.22. The maximum absolute atomic E-state index is 13.2. The number of hydrogen-bond donors (Lipinski definition) is 0. The predicted molar refractivity (Wildman–Crippen MR) is 154 cm³/mol. The van der Waals surface area contributed by atoms with E-state index in [4.69, 9.17) is 18.6 Å². The highest BCUT2D eigenvalue weighted by atomic mass is 16.5. The van der Waals surface area contributed by atoms with E-state index >= 15 is 0 Å². The van der Waals surface area contributed by atoms with E-state index in [0.29, 0.717) is 58.3 Å². The first-order valence-electron chi connectivity index (χ1n) is 13.0. The van der Waals surface area contributed by atoms with Crippen molar-refractivity contribution in [3.8, 4) is 17.2 Å². The highest BCUT2D eigenvalue weighted by Gasteiger charge is 2.21. The second kappa shape index (κ2) is 12.2. The van der Waals surface area contributed by atoms with Crippen molar-refractivity contribution in [3.05, 3.63) is 131 Å². The van der Waals surface area contributed by atoms with Crippen LogP contribution in [0.15, 0.2) is 108 Å². The number of aryl methyl sites for hydroxylation is 1. The van der Waals surface area contributed by atoms with Gasteiger partial charge in [-0.15, -0.1) is 0 Å². The lowest BCUT2D eigenvalue weighted by molar-refractivity contribution is 0.0734. The fourth-order valence-corrected chi connectivity index (χ4v) is 4.30. The van der Waals surface area contributed by atoms with Crippen LogP contribution >= 0.6 is 0 Å². The Labute approximate surface area is 232 Å². The molecule has 6 nitrogen and oxygen atoms in total. The molecule has 200 valence electrons. The Morgan fingerprint density at radius 2 is 1.55 bits per heavy atom. The molecule has 0 atom stereocenters. The summed E-state index contributed by atoms with van der Waals surface area (Å²) in [7, 11) is 0. The fourth-order valence-electron chi connectivity index (χ4n) is 4.30. The summed E-state index contributed by atoms with van der Waals surface area (Å²) < 4.78 is 23.0. The second-order valence-electron chi connectivity index (χ2n) is 9.05. The highest BCUT2D eigenvalue weighted by molar-refractivity contribution is 6.07. The molecule has 40 heavy (non-hydrogen) atoms. The van der Waals surface area contributed by atoms with E-state index in [-0.39, 0.29) is 5.78 Å². The van der Waals surface area contributed by atoms with Crippen LogP contribution in [0.4, 0.5) is 0 Å². The van der Waals surface area contributed by atoms with E-state index in [0.717, 1.165) is 11.1 Å². The van der Waals surface area contributed by atoms with Crippen LogP contribution in [0.25, 0.3) is 17.0 Å². The molecule has 1 aromatic heterocycles. The number of carbonyl (C=O) groups is 2. The van der Waals surface area contributed by atoms with Gasteiger partial charge in [-0.2, -0.15) is 0 Å². The molecule has 4 aromatic carbocycles. The molecule has 6 heteroatoms. The zero-order chi connectivity index (χ0) is 27.9. The Morgan fingerprint density at radius 3 is 2.33 bits per heavy atom. The van der Waals surface area contributed by atoms with Gasteiger partial charge >= 0.3 is 5.97 Å². The predicted octanol–water partition coefficient (Wildman–Crippen LogP) is 7.83. The van der Waals surface area contributed by atoms with E-state index < -0.39 is 5.97 Å². The number of allylic oxidation sites excluding steroid dienone is 1. The molecular formula is C34H28O6. The van der Waals surface area contributed by atoms with Crippen LogP contribution in [-0.4, -0.2) is 18.4 Å². The molecule has 5 aromatic rings. The molecule has 0 aliphatic carbocycles. The Morgan fingerprint density at radius 1 is 0.825 bits per heavy atom. The van der Waals surface area contributed by atoms with Crippen molar-refractivity contribution < 1.29 is 28.2 Å². The van der Waals surface area contributed by atoms with Crippen LogP contribution in [0.2, 0.25) is 0 Å². The van der Waals surface area contributed by atoms with Gasteiger partial charge in [0.05, 0.1) is 6.61 Å². The van der Waals surface area contributed by atoms with Crippen LogP contribution in [0.1, 0.15) is 44.5 Å². The van der Waals surface area contributed by atoms with E-state index in [2.05, 4.69) is 0 Å². The minimum absolute atomic E-state index is 0.177. The monoisotopic (exact) mass is 532 g/mol. The number of carbonyl (C=O) groups excluding carboxylic acids is 2. The molecule has 1 heterocycles. The maximum atomic E-state index is 13.2. The van der Waals surface area contributed by atoms with Gasteiger partial charge in [0.2, 0.25) is 0 Å². The lowest BCUT2D eigenvalue weighted by atomic mass is 10.1. The fraction of sp³-hybridized carbons (Fsp3) is 0.118. The van der Waals surface area contributed by atoms with Gasteiger partial charge in [-0.05, 0) is 80.1 Å². The van der Waals surface area contributed by atoms with Crippen molar-refractivity contribution in [1.82, 2.24) is 0 Å². The summed E-state index contributed by atoms with van der Waals surface area (Å²) in [6.45, 7) is 4.58. The standard InChI is InChI=1S/C34H28O6/c1-3-37-31-12-8-7-11-26(31)15-19-30(35)25-13-16-27(17-14-25)40-34(36)33-23(2)39-32-20-18-28(21-29(32)33)38-22-24-9-5-4-6-10-24/h4-21H,3,22H2,1-2H3. The van der Waals surface area contributed by atoms with Crippen molar-refractivity contribution in [3.63, 3.8) is 0 Å². The summed E-state index contributed by atoms with van der Waals surface area (Å²) in [6.07, 6.45) is 3.23. The Kier molecular flexibility index (Phi) is 8.07. The van der Waals surface area contributed by atoms with Crippen molar-refractivity contribution in [2.75, 3.05) is 6.61 Å². The van der Waals surface area contributed by atoms with Crippen LogP contribution in [0, 0.1) is 6.92 Å². The third-order valence-corrected chi connectivity index (χ3v) is 6.27. The lowest BCUT2D eigenvalue weighted by Crippen LogP contribution is -2.09. The van der Waals surface area contributed by atoms with Gasteiger partial charge < -0.3 is 18.6 Å². The minimum Gasteiger partial charge on any atom is -0.493 e. The number of ether oxygens (including phenoxy) is 3. The first-order valence-corrected chi connectivity index (χ1v) is 13.0. The Hall–Kier alpha value is -5.10. The quantitative estimate of drug-likeness (QED) is 0.0790. The maximum Gasteiger partial charge on any atom is 0.347 e. The second-order valence-corrected chi connectivity index (χ2v) is 9.05.